The standard InChI is InChI=1S/C14H14N2O7/c1-21-11-6-15(12-10(23-11)7-22-14(12)18)13(17)8-4-2-3-5-9(8)16(19)20/h2-5,10-12H,6-7H2,1H3/t10?,11-,12+/m0/s1. The van der Waals surface area contributed by atoms with Crippen LogP contribution in [-0.4, -0.2) is 60.4 Å². The third kappa shape index (κ3) is 2.64. The average molecular weight is 322 g/mol. The van der Waals surface area contributed by atoms with Crippen molar-refractivity contribution in [2.24, 2.45) is 0 Å². The zero-order valence-corrected chi connectivity index (χ0v) is 12.2. The molecule has 0 radical (unpaired) electrons. The predicted octanol–water partition coefficient (Wildman–Crippen LogP) is 0.334. The first-order valence-electron chi connectivity index (χ1n) is 6.92. The highest BCUT2D eigenvalue weighted by Crippen LogP contribution is 2.28. The summed E-state index contributed by atoms with van der Waals surface area (Å²) in [5.74, 6) is -1.21. The fourth-order valence-corrected chi connectivity index (χ4v) is 2.75. The molecule has 2 heterocycles. The number of esters is 1. The number of nitrogens with zero attached hydrogens (tertiary/aromatic N) is 2. The minimum absolute atomic E-state index is 0.0162. The molecule has 1 amide bonds. The highest BCUT2D eigenvalue weighted by molar-refractivity contribution is 6.00. The van der Waals surface area contributed by atoms with Gasteiger partial charge in [-0.25, -0.2) is 4.79 Å². The lowest BCUT2D eigenvalue weighted by molar-refractivity contribution is -0.385. The van der Waals surface area contributed by atoms with Crippen LogP contribution in [0.15, 0.2) is 24.3 Å². The lowest BCUT2D eigenvalue weighted by Gasteiger charge is -2.38. The summed E-state index contributed by atoms with van der Waals surface area (Å²) < 4.78 is 15.6. The second-order valence-electron chi connectivity index (χ2n) is 5.15. The number of hydrogen-bond acceptors (Lipinski definition) is 7. The molecule has 1 unspecified atom stereocenters. The second-order valence-corrected chi connectivity index (χ2v) is 5.15. The lowest BCUT2D eigenvalue weighted by atomic mass is 10.1. The van der Waals surface area contributed by atoms with Crippen LogP contribution in [-0.2, 0) is 19.0 Å². The van der Waals surface area contributed by atoms with Crippen molar-refractivity contribution in [3.8, 4) is 0 Å². The van der Waals surface area contributed by atoms with Crippen molar-refractivity contribution in [1.29, 1.82) is 0 Å². The Hall–Kier alpha value is -2.52. The number of amides is 1. The quantitative estimate of drug-likeness (QED) is 0.448. The SMILES string of the molecule is CO[C@@H]1CN(C(=O)c2ccccc2[N+](=O)[O-])[C@H]2C(=O)OCC2O1. The maximum atomic E-state index is 12.8. The number of carbonyl (C=O) groups excluding carboxylic acids is 2. The van der Waals surface area contributed by atoms with Crippen molar-refractivity contribution < 1.29 is 28.7 Å². The highest BCUT2D eigenvalue weighted by Gasteiger charge is 2.50. The van der Waals surface area contributed by atoms with E-state index >= 15 is 0 Å². The van der Waals surface area contributed by atoms with Crippen LogP contribution in [0.4, 0.5) is 5.69 Å². The number of benzene rings is 1. The van der Waals surface area contributed by atoms with Crippen molar-refractivity contribution >= 4 is 17.6 Å². The molecule has 0 aromatic heterocycles. The van der Waals surface area contributed by atoms with Gasteiger partial charge in [-0.3, -0.25) is 14.9 Å². The number of morpholine rings is 1. The van der Waals surface area contributed by atoms with E-state index in [4.69, 9.17) is 14.2 Å². The monoisotopic (exact) mass is 322 g/mol. The topological polar surface area (TPSA) is 108 Å². The van der Waals surface area contributed by atoms with Gasteiger partial charge in [0.05, 0.1) is 11.5 Å². The Morgan fingerprint density at radius 1 is 1.43 bits per heavy atom. The number of nitro benzene ring substituents is 1. The van der Waals surface area contributed by atoms with E-state index in [1.54, 1.807) is 0 Å². The molecule has 9 heteroatoms. The Labute approximate surface area is 130 Å². The van der Waals surface area contributed by atoms with E-state index in [-0.39, 0.29) is 24.4 Å². The zero-order valence-electron chi connectivity index (χ0n) is 12.2. The Bertz CT molecular complexity index is 662. The van der Waals surface area contributed by atoms with Crippen molar-refractivity contribution in [2.75, 3.05) is 20.3 Å². The number of carbonyl (C=O) groups is 2. The molecular formula is C14H14N2O7. The molecule has 0 spiro atoms. The molecule has 2 aliphatic rings. The Balaban J connectivity index is 1.96. The summed E-state index contributed by atoms with van der Waals surface area (Å²) in [5, 5.41) is 11.1. The van der Waals surface area contributed by atoms with Crippen LogP contribution < -0.4 is 0 Å². The molecule has 0 bridgehead atoms. The van der Waals surface area contributed by atoms with Crippen LogP contribution in [0.3, 0.4) is 0 Å². The van der Waals surface area contributed by atoms with Gasteiger partial charge in [0.25, 0.3) is 11.6 Å². The number of nitro groups is 1. The number of hydrogen-bond donors (Lipinski definition) is 0. The summed E-state index contributed by atoms with van der Waals surface area (Å²) >= 11 is 0. The normalized spacial score (nSPS) is 26.6. The molecule has 9 nitrogen and oxygen atoms in total. The van der Waals surface area contributed by atoms with Gasteiger partial charge < -0.3 is 19.1 Å². The predicted molar refractivity (Wildman–Crippen MR) is 74.5 cm³/mol. The maximum Gasteiger partial charge on any atom is 0.331 e. The number of para-hydroxylation sites is 1. The first-order valence-corrected chi connectivity index (χ1v) is 6.92. The molecule has 0 N–H and O–H groups in total. The minimum Gasteiger partial charge on any atom is -0.461 e. The molecule has 2 saturated heterocycles. The largest absolute Gasteiger partial charge is 0.461 e. The van der Waals surface area contributed by atoms with E-state index in [0.29, 0.717) is 0 Å². The summed E-state index contributed by atoms with van der Waals surface area (Å²) in [6.07, 6.45) is -1.37. The Morgan fingerprint density at radius 2 is 2.17 bits per heavy atom. The highest BCUT2D eigenvalue weighted by atomic mass is 16.7. The maximum absolute atomic E-state index is 12.8. The number of methoxy groups -OCH3 is 1. The summed E-state index contributed by atoms with van der Waals surface area (Å²) in [6, 6.07) is 4.67. The van der Waals surface area contributed by atoms with E-state index in [1.807, 2.05) is 0 Å². The van der Waals surface area contributed by atoms with Gasteiger partial charge in [-0.2, -0.15) is 0 Å². The summed E-state index contributed by atoms with van der Waals surface area (Å²) in [7, 11) is 1.41. The van der Waals surface area contributed by atoms with Gasteiger partial charge in [0.15, 0.2) is 12.3 Å². The number of cyclic esters (lactones) is 1. The molecule has 1 aromatic carbocycles. The van der Waals surface area contributed by atoms with E-state index in [0.717, 1.165) is 0 Å². The fraction of sp³-hybridized carbons (Fsp3) is 0.429. The average Bonchev–Trinajstić information content (AvgIpc) is 2.94. The minimum atomic E-state index is -0.922. The van der Waals surface area contributed by atoms with E-state index in [2.05, 4.69) is 0 Å². The van der Waals surface area contributed by atoms with Crippen molar-refractivity contribution in [3.63, 3.8) is 0 Å². The second kappa shape index (κ2) is 5.94. The van der Waals surface area contributed by atoms with Crippen LogP contribution in [0.2, 0.25) is 0 Å². The molecule has 0 aliphatic carbocycles. The fourth-order valence-electron chi connectivity index (χ4n) is 2.75. The van der Waals surface area contributed by atoms with Crippen LogP contribution in [0.5, 0.6) is 0 Å². The molecule has 2 aliphatic heterocycles. The van der Waals surface area contributed by atoms with Gasteiger partial charge in [-0.15, -0.1) is 0 Å². The molecule has 3 atom stereocenters. The summed E-state index contributed by atoms with van der Waals surface area (Å²) in [4.78, 5) is 36.4. The first-order chi connectivity index (χ1) is 11.0. The molecule has 0 saturated carbocycles. The summed E-state index contributed by atoms with van der Waals surface area (Å²) in [5.41, 5.74) is -0.409. The third-order valence-corrected chi connectivity index (χ3v) is 3.85. The van der Waals surface area contributed by atoms with Crippen LogP contribution in [0.1, 0.15) is 10.4 Å². The first kappa shape index (κ1) is 15.4. The van der Waals surface area contributed by atoms with Crippen molar-refractivity contribution in [1.82, 2.24) is 4.90 Å². The molecule has 122 valence electrons. The lowest BCUT2D eigenvalue weighted by Crippen LogP contribution is -2.58. The molecule has 3 rings (SSSR count). The molecule has 23 heavy (non-hydrogen) atoms. The summed E-state index contributed by atoms with van der Waals surface area (Å²) in [6.45, 7) is 0.00166. The zero-order chi connectivity index (χ0) is 16.6. The van der Waals surface area contributed by atoms with Crippen molar-refractivity contribution in [2.45, 2.75) is 18.4 Å². The number of fused-ring (bicyclic) bond motifs is 1. The number of rotatable bonds is 3. The van der Waals surface area contributed by atoms with Gasteiger partial charge in [0.2, 0.25) is 0 Å². The Kier molecular flexibility index (Phi) is 3.97. The van der Waals surface area contributed by atoms with E-state index < -0.39 is 35.2 Å². The smallest absolute Gasteiger partial charge is 0.331 e. The van der Waals surface area contributed by atoms with Crippen LogP contribution in [0.25, 0.3) is 0 Å². The van der Waals surface area contributed by atoms with Gasteiger partial charge in [0, 0.05) is 13.2 Å². The third-order valence-electron chi connectivity index (χ3n) is 3.85. The molecule has 2 fully saturated rings. The number of ether oxygens (including phenoxy) is 3. The van der Waals surface area contributed by atoms with Gasteiger partial charge in [0.1, 0.15) is 18.3 Å². The van der Waals surface area contributed by atoms with Crippen molar-refractivity contribution in [3.05, 3.63) is 39.9 Å². The Morgan fingerprint density at radius 3 is 2.87 bits per heavy atom. The van der Waals surface area contributed by atoms with Gasteiger partial charge in [-0.05, 0) is 6.07 Å². The van der Waals surface area contributed by atoms with E-state index in [9.17, 15) is 19.7 Å². The van der Waals surface area contributed by atoms with Crippen LogP contribution in [0, 0.1) is 10.1 Å². The van der Waals surface area contributed by atoms with Crippen LogP contribution >= 0.6 is 0 Å². The van der Waals surface area contributed by atoms with Gasteiger partial charge >= 0.3 is 5.97 Å². The molecule has 1 aromatic rings. The van der Waals surface area contributed by atoms with E-state index in [1.165, 1.54) is 36.3 Å². The molecular weight excluding hydrogens is 308 g/mol. The van der Waals surface area contributed by atoms with Gasteiger partial charge in [-0.1, -0.05) is 12.1 Å².